The van der Waals surface area contributed by atoms with Crippen molar-refractivity contribution in [3.63, 3.8) is 0 Å². The van der Waals surface area contributed by atoms with E-state index < -0.39 is 10.0 Å². The van der Waals surface area contributed by atoms with E-state index in [4.69, 9.17) is 11.6 Å². The Morgan fingerprint density at radius 1 is 1.05 bits per heavy atom. The van der Waals surface area contributed by atoms with Crippen LogP contribution in [-0.2, 0) is 16.6 Å². The van der Waals surface area contributed by atoms with Gasteiger partial charge in [-0.3, -0.25) is 4.72 Å². The van der Waals surface area contributed by atoms with Gasteiger partial charge in [0.1, 0.15) is 0 Å². The zero-order valence-corrected chi connectivity index (χ0v) is 12.5. The molecule has 0 spiro atoms. The SMILES string of the molecule is CNCc1ccccc1NS(=O)(=O)c1ccc(Cl)cc1. The first-order valence-corrected chi connectivity index (χ1v) is 7.90. The first-order chi connectivity index (χ1) is 9.53. The lowest BCUT2D eigenvalue weighted by Gasteiger charge is -2.12. The Morgan fingerprint density at radius 3 is 2.35 bits per heavy atom. The molecule has 2 N–H and O–H groups in total. The first kappa shape index (κ1) is 14.8. The number of nitrogens with one attached hydrogen (secondary N) is 2. The number of sulfonamides is 1. The molecule has 0 aromatic heterocycles. The number of benzene rings is 2. The van der Waals surface area contributed by atoms with Crippen LogP contribution in [0.15, 0.2) is 53.4 Å². The Labute approximate surface area is 123 Å². The second kappa shape index (κ2) is 6.26. The van der Waals surface area contributed by atoms with Gasteiger partial charge in [0, 0.05) is 11.6 Å². The third kappa shape index (κ3) is 3.50. The van der Waals surface area contributed by atoms with Crippen LogP contribution in [0.3, 0.4) is 0 Å². The van der Waals surface area contributed by atoms with Crippen LogP contribution in [0.5, 0.6) is 0 Å². The smallest absolute Gasteiger partial charge is 0.261 e. The minimum atomic E-state index is -3.61. The summed E-state index contributed by atoms with van der Waals surface area (Å²) in [5.74, 6) is 0. The molecular formula is C14H15ClN2O2S. The van der Waals surface area contributed by atoms with Crippen molar-refractivity contribution in [2.24, 2.45) is 0 Å². The van der Waals surface area contributed by atoms with Crippen LogP contribution in [0.25, 0.3) is 0 Å². The van der Waals surface area contributed by atoms with Crippen LogP contribution in [0.2, 0.25) is 5.02 Å². The van der Waals surface area contributed by atoms with Crippen molar-refractivity contribution in [1.82, 2.24) is 5.32 Å². The molecule has 0 atom stereocenters. The maximum absolute atomic E-state index is 12.3. The molecule has 106 valence electrons. The van der Waals surface area contributed by atoms with Crippen LogP contribution in [-0.4, -0.2) is 15.5 Å². The van der Waals surface area contributed by atoms with Gasteiger partial charge in [0.2, 0.25) is 0 Å². The van der Waals surface area contributed by atoms with Gasteiger partial charge in [-0.2, -0.15) is 0 Å². The quantitative estimate of drug-likeness (QED) is 0.893. The van der Waals surface area contributed by atoms with Crippen LogP contribution in [0.4, 0.5) is 5.69 Å². The highest BCUT2D eigenvalue weighted by Gasteiger charge is 2.15. The summed E-state index contributed by atoms with van der Waals surface area (Å²) in [6.45, 7) is 0.583. The van der Waals surface area contributed by atoms with E-state index in [2.05, 4.69) is 10.0 Å². The van der Waals surface area contributed by atoms with Crippen LogP contribution >= 0.6 is 11.6 Å². The fourth-order valence-electron chi connectivity index (χ4n) is 1.78. The van der Waals surface area contributed by atoms with Crippen molar-refractivity contribution in [2.45, 2.75) is 11.4 Å². The zero-order chi connectivity index (χ0) is 14.6. The number of para-hydroxylation sites is 1. The lowest BCUT2D eigenvalue weighted by Crippen LogP contribution is -2.15. The molecule has 0 aliphatic rings. The molecule has 20 heavy (non-hydrogen) atoms. The van der Waals surface area contributed by atoms with E-state index in [-0.39, 0.29) is 4.90 Å². The predicted octanol–water partition coefficient (Wildman–Crippen LogP) is 2.86. The van der Waals surface area contributed by atoms with Crippen LogP contribution in [0.1, 0.15) is 5.56 Å². The summed E-state index contributed by atoms with van der Waals surface area (Å²) in [5.41, 5.74) is 1.45. The van der Waals surface area contributed by atoms with Gasteiger partial charge in [-0.1, -0.05) is 29.8 Å². The molecule has 0 fully saturated rings. The summed E-state index contributed by atoms with van der Waals surface area (Å²) >= 11 is 5.76. The molecule has 0 amide bonds. The Morgan fingerprint density at radius 2 is 1.70 bits per heavy atom. The molecule has 0 aliphatic carbocycles. The van der Waals surface area contributed by atoms with E-state index in [1.807, 2.05) is 19.2 Å². The standard InChI is InChI=1S/C14H15ClN2O2S/c1-16-10-11-4-2-3-5-14(11)17-20(18,19)13-8-6-12(15)7-9-13/h2-9,16-17H,10H2,1H3. The van der Waals surface area contributed by atoms with E-state index in [1.165, 1.54) is 12.1 Å². The maximum atomic E-state index is 12.3. The van der Waals surface area contributed by atoms with Gasteiger partial charge >= 0.3 is 0 Å². The highest BCUT2D eigenvalue weighted by Crippen LogP contribution is 2.21. The fourth-order valence-corrected chi connectivity index (χ4v) is 3.01. The van der Waals surface area contributed by atoms with Gasteiger partial charge in [-0.15, -0.1) is 0 Å². The Balaban J connectivity index is 2.31. The predicted molar refractivity (Wildman–Crippen MR) is 81.5 cm³/mol. The first-order valence-electron chi connectivity index (χ1n) is 6.04. The van der Waals surface area contributed by atoms with E-state index in [0.29, 0.717) is 17.3 Å². The van der Waals surface area contributed by atoms with E-state index in [1.54, 1.807) is 24.3 Å². The van der Waals surface area contributed by atoms with Crippen LogP contribution < -0.4 is 10.0 Å². The zero-order valence-electron chi connectivity index (χ0n) is 10.9. The van der Waals surface area contributed by atoms with Gasteiger partial charge in [0.05, 0.1) is 10.6 Å². The normalized spacial score (nSPS) is 11.3. The third-order valence-electron chi connectivity index (χ3n) is 2.75. The molecule has 0 heterocycles. The largest absolute Gasteiger partial charge is 0.316 e. The second-order valence-electron chi connectivity index (χ2n) is 4.25. The molecule has 0 unspecified atom stereocenters. The van der Waals surface area contributed by atoms with Gasteiger partial charge in [0.25, 0.3) is 10.0 Å². The second-order valence-corrected chi connectivity index (χ2v) is 6.37. The molecule has 0 saturated carbocycles. The van der Waals surface area contributed by atoms with Crippen LogP contribution in [0, 0.1) is 0 Å². The summed E-state index contributed by atoms with van der Waals surface area (Å²) in [6, 6.07) is 13.3. The minimum absolute atomic E-state index is 0.182. The lowest BCUT2D eigenvalue weighted by molar-refractivity contribution is 0.601. The molecule has 2 aromatic rings. The highest BCUT2D eigenvalue weighted by molar-refractivity contribution is 7.92. The average molecular weight is 311 g/mol. The number of hydrogen-bond donors (Lipinski definition) is 2. The Kier molecular flexibility index (Phi) is 4.65. The molecule has 4 nitrogen and oxygen atoms in total. The molecule has 0 radical (unpaired) electrons. The molecule has 2 aromatic carbocycles. The number of anilines is 1. The van der Waals surface area contributed by atoms with Crippen molar-refractivity contribution in [3.05, 3.63) is 59.1 Å². The number of hydrogen-bond acceptors (Lipinski definition) is 3. The Hall–Kier alpha value is -1.56. The van der Waals surface area contributed by atoms with E-state index >= 15 is 0 Å². The Bertz CT molecular complexity index is 685. The summed E-state index contributed by atoms with van der Waals surface area (Å²) in [6.07, 6.45) is 0. The molecule has 0 bridgehead atoms. The van der Waals surface area contributed by atoms with Crippen molar-refractivity contribution in [2.75, 3.05) is 11.8 Å². The third-order valence-corrected chi connectivity index (χ3v) is 4.39. The summed E-state index contributed by atoms with van der Waals surface area (Å²) < 4.78 is 27.2. The van der Waals surface area contributed by atoms with Gasteiger partial charge in [-0.05, 0) is 42.9 Å². The van der Waals surface area contributed by atoms with Crippen molar-refractivity contribution < 1.29 is 8.42 Å². The monoisotopic (exact) mass is 310 g/mol. The molecular weight excluding hydrogens is 296 g/mol. The summed E-state index contributed by atoms with van der Waals surface area (Å²) in [7, 11) is -1.80. The fraction of sp³-hybridized carbons (Fsp3) is 0.143. The van der Waals surface area contributed by atoms with Gasteiger partial charge < -0.3 is 5.32 Å². The maximum Gasteiger partial charge on any atom is 0.261 e. The molecule has 0 aliphatic heterocycles. The summed E-state index contributed by atoms with van der Waals surface area (Å²) in [4.78, 5) is 0.182. The lowest BCUT2D eigenvalue weighted by atomic mass is 10.2. The van der Waals surface area contributed by atoms with E-state index in [9.17, 15) is 8.42 Å². The summed E-state index contributed by atoms with van der Waals surface area (Å²) in [5, 5.41) is 3.50. The van der Waals surface area contributed by atoms with Crippen molar-refractivity contribution in [1.29, 1.82) is 0 Å². The molecule has 6 heteroatoms. The molecule has 0 saturated heterocycles. The number of halogens is 1. The average Bonchev–Trinajstić information content (AvgIpc) is 2.41. The number of rotatable bonds is 5. The minimum Gasteiger partial charge on any atom is -0.316 e. The highest BCUT2D eigenvalue weighted by atomic mass is 35.5. The van der Waals surface area contributed by atoms with Crippen molar-refractivity contribution >= 4 is 27.3 Å². The topological polar surface area (TPSA) is 58.2 Å². The van der Waals surface area contributed by atoms with E-state index in [0.717, 1.165) is 5.56 Å². The van der Waals surface area contributed by atoms with Crippen molar-refractivity contribution in [3.8, 4) is 0 Å². The van der Waals surface area contributed by atoms with Gasteiger partial charge in [0.15, 0.2) is 0 Å². The molecule has 2 rings (SSSR count). The van der Waals surface area contributed by atoms with Gasteiger partial charge in [-0.25, -0.2) is 8.42 Å².